The van der Waals surface area contributed by atoms with Gasteiger partial charge in [0.2, 0.25) is 0 Å². The summed E-state index contributed by atoms with van der Waals surface area (Å²) in [5.74, 6) is 2.32. The molecule has 0 aromatic heterocycles. The third kappa shape index (κ3) is 10.7. The molecule has 0 aromatic rings. The fourth-order valence-corrected chi connectivity index (χ4v) is 3.54. The number of hydrogen-bond acceptors (Lipinski definition) is 5. The van der Waals surface area contributed by atoms with Gasteiger partial charge in [0.25, 0.3) is 0 Å². The van der Waals surface area contributed by atoms with Gasteiger partial charge < -0.3 is 4.74 Å². The Hall–Kier alpha value is -0.160. The van der Waals surface area contributed by atoms with Crippen LogP contribution in [0.3, 0.4) is 0 Å². The molecule has 0 bridgehead atoms. The second-order valence-corrected chi connectivity index (χ2v) is 6.36. The number of rotatable bonds is 4. The molecule has 1 fully saturated rings. The van der Waals surface area contributed by atoms with Gasteiger partial charge in [0.15, 0.2) is 11.9 Å². The molecule has 0 aromatic carbocycles. The Kier molecular flexibility index (Phi) is 10.9. The molecule has 0 N–H and O–H groups in total. The maximum atomic E-state index is 10.8. The van der Waals surface area contributed by atoms with Crippen molar-refractivity contribution >= 4 is 35.3 Å². The standard InChI is InChI=1S/C8H14O3.C4H8S2/c1-4-5-8(6(2)9)11-7(3)10;1-2-5-4-6-3-1/h8H,4-5H2,1-3H3;1-4H2. The highest BCUT2D eigenvalue weighted by Gasteiger charge is 2.15. The molecule has 0 spiro atoms. The van der Waals surface area contributed by atoms with Crippen LogP contribution in [0.25, 0.3) is 0 Å². The molecule has 1 rings (SSSR count). The van der Waals surface area contributed by atoms with E-state index in [1.807, 2.05) is 6.92 Å². The van der Waals surface area contributed by atoms with Crippen LogP contribution < -0.4 is 0 Å². The predicted octanol–water partition coefficient (Wildman–Crippen LogP) is 3.12. The Morgan fingerprint density at radius 3 is 2.06 bits per heavy atom. The lowest BCUT2D eigenvalue weighted by Gasteiger charge is -2.11. The fourth-order valence-electron chi connectivity index (χ4n) is 1.25. The summed E-state index contributed by atoms with van der Waals surface area (Å²) in [6.45, 7) is 4.69. The first kappa shape index (κ1) is 16.8. The first-order valence-corrected chi connectivity index (χ1v) is 8.22. The Morgan fingerprint density at radius 2 is 1.82 bits per heavy atom. The van der Waals surface area contributed by atoms with E-state index in [9.17, 15) is 9.59 Å². The number of hydrogen-bond donors (Lipinski definition) is 0. The summed E-state index contributed by atoms with van der Waals surface area (Å²) in [6.07, 6.45) is 2.36. The van der Waals surface area contributed by atoms with Gasteiger partial charge in [-0.25, -0.2) is 0 Å². The first-order chi connectivity index (χ1) is 8.07. The van der Waals surface area contributed by atoms with Crippen LogP contribution in [0.1, 0.15) is 40.0 Å². The molecule has 0 radical (unpaired) electrons. The minimum absolute atomic E-state index is 0.0814. The number of ketones is 1. The summed E-state index contributed by atoms with van der Waals surface area (Å²) in [7, 11) is 0. The van der Waals surface area contributed by atoms with Crippen molar-refractivity contribution in [2.45, 2.75) is 46.1 Å². The van der Waals surface area contributed by atoms with Crippen molar-refractivity contribution in [3.05, 3.63) is 0 Å². The second kappa shape index (κ2) is 11.0. The monoisotopic (exact) mass is 278 g/mol. The Labute approximate surface area is 112 Å². The Balaban J connectivity index is 0.000000354. The predicted molar refractivity (Wildman–Crippen MR) is 75.5 cm³/mol. The van der Waals surface area contributed by atoms with Gasteiger partial charge in [0.1, 0.15) is 0 Å². The molecule has 17 heavy (non-hydrogen) atoms. The molecule has 1 aliphatic rings. The van der Waals surface area contributed by atoms with E-state index >= 15 is 0 Å². The van der Waals surface area contributed by atoms with E-state index in [1.165, 1.54) is 36.9 Å². The van der Waals surface area contributed by atoms with Crippen LogP contribution in [-0.4, -0.2) is 34.4 Å². The fraction of sp³-hybridized carbons (Fsp3) is 0.833. The maximum Gasteiger partial charge on any atom is 0.303 e. The van der Waals surface area contributed by atoms with Crippen LogP contribution in [0.4, 0.5) is 0 Å². The zero-order valence-electron chi connectivity index (χ0n) is 10.9. The molecule has 5 heteroatoms. The highest BCUT2D eigenvalue weighted by molar-refractivity contribution is 8.16. The molecule has 1 saturated heterocycles. The van der Waals surface area contributed by atoms with Crippen molar-refractivity contribution in [3.8, 4) is 0 Å². The van der Waals surface area contributed by atoms with Crippen LogP contribution in [0.5, 0.6) is 0 Å². The average Bonchev–Trinajstić information content (AvgIpc) is 2.31. The van der Waals surface area contributed by atoms with Crippen LogP contribution in [0, 0.1) is 0 Å². The summed E-state index contributed by atoms with van der Waals surface area (Å²) in [5, 5.41) is 1.33. The lowest BCUT2D eigenvalue weighted by Crippen LogP contribution is -2.23. The zero-order valence-corrected chi connectivity index (χ0v) is 12.5. The molecular weight excluding hydrogens is 256 g/mol. The van der Waals surface area contributed by atoms with Crippen molar-refractivity contribution in [1.82, 2.24) is 0 Å². The molecule has 3 nitrogen and oxygen atoms in total. The highest BCUT2D eigenvalue weighted by Crippen LogP contribution is 2.19. The average molecular weight is 278 g/mol. The largest absolute Gasteiger partial charge is 0.455 e. The van der Waals surface area contributed by atoms with E-state index in [-0.39, 0.29) is 5.78 Å². The second-order valence-electron chi connectivity index (χ2n) is 3.79. The number of ether oxygens (including phenoxy) is 1. The van der Waals surface area contributed by atoms with Gasteiger partial charge in [-0.3, -0.25) is 9.59 Å². The van der Waals surface area contributed by atoms with E-state index in [0.29, 0.717) is 6.42 Å². The maximum absolute atomic E-state index is 10.8. The number of Topliss-reactive ketones (excluding diaryl/α,β-unsaturated/α-hetero) is 1. The van der Waals surface area contributed by atoms with Crippen LogP contribution in [-0.2, 0) is 14.3 Å². The zero-order chi connectivity index (χ0) is 13.1. The molecule has 1 aliphatic heterocycles. The summed E-state index contributed by atoms with van der Waals surface area (Å²) < 4.78 is 4.76. The van der Waals surface area contributed by atoms with Gasteiger partial charge in [-0.15, -0.1) is 0 Å². The molecular formula is C12H22O3S2. The molecule has 1 heterocycles. The number of carbonyl (C=O) groups excluding carboxylic acids is 2. The molecule has 0 amide bonds. The van der Waals surface area contributed by atoms with Crippen molar-refractivity contribution in [2.75, 3.05) is 16.6 Å². The van der Waals surface area contributed by atoms with Gasteiger partial charge in [-0.05, 0) is 31.3 Å². The molecule has 0 saturated carbocycles. The third-order valence-corrected chi connectivity index (χ3v) is 4.54. The van der Waals surface area contributed by atoms with E-state index in [2.05, 4.69) is 23.5 Å². The highest BCUT2D eigenvalue weighted by atomic mass is 32.2. The number of esters is 1. The van der Waals surface area contributed by atoms with Crippen LogP contribution in [0.15, 0.2) is 0 Å². The SMILES string of the molecule is C1CSCSC1.CCCC(OC(C)=O)C(C)=O. The molecule has 0 aliphatic carbocycles. The summed E-state index contributed by atoms with van der Waals surface area (Å²) in [6, 6.07) is 0. The van der Waals surface area contributed by atoms with Gasteiger partial charge in [0.05, 0.1) is 0 Å². The van der Waals surface area contributed by atoms with Crippen LogP contribution >= 0.6 is 23.5 Å². The topological polar surface area (TPSA) is 43.4 Å². The summed E-state index contributed by atoms with van der Waals surface area (Å²) >= 11 is 4.12. The minimum atomic E-state index is -0.530. The van der Waals surface area contributed by atoms with Gasteiger partial charge >= 0.3 is 5.97 Å². The molecule has 1 atom stereocenters. The lowest BCUT2D eigenvalue weighted by atomic mass is 10.1. The Bertz CT molecular complexity index is 216. The molecule has 1 unspecified atom stereocenters. The van der Waals surface area contributed by atoms with E-state index in [4.69, 9.17) is 4.74 Å². The van der Waals surface area contributed by atoms with E-state index in [1.54, 1.807) is 0 Å². The first-order valence-electron chi connectivity index (χ1n) is 5.91. The molecule has 100 valence electrons. The lowest BCUT2D eigenvalue weighted by molar-refractivity contribution is -0.152. The van der Waals surface area contributed by atoms with Crippen molar-refractivity contribution in [3.63, 3.8) is 0 Å². The van der Waals surface area contributed by atoms with Crippen LogP contribution in [0.2, 0.25) is 0 Å². The Morgan fingerprint density at radius 1 is 1.24 bits per heavy atom. The van der Waals surface area contributed by atoms with Gasteiger partial charge in [-0.1, -0.05) is 13.3 Å². The normalized spacial score (nSPS) is 16.4. The minimum Gasteiger partial charge on any atom is -0.455 e. The van der Waals surface area contributed by atoms with E-state index < -0.39 is 12.1 Å². The third-order valence-electron chi connectivity index (χ3n) is 2.06. The summed E-state index contributed by atoms with van der Waals surface area (Å²) in [5.41, 5.74) is 0. The number of carbonyl (C=O) groups is 2. The van der Waals surface area contributed by atoms with Crippen molar-refractivity contribution < 1.29 is 14.3 Å². The number of thioether (sulfide) groups is 2. The van der Waals surface area contributed by atoms with E-state index in [0.717, 1.165) is 6.42 Å². The van der Waals surface area contributed by atoms with Crippen molar-refractivity contribution in [2.24, 2.45) is 0 Å². The van der Waals surface area contributed by atoms with Gasteiger partial charge in [-0.2, -0.15) is 23.5 Å². The quantitative estimate of drug-likeness (QED) is 0.739. The van der Waals surface area contributed by atoms with Gasteiger partial charge in [0, 0.05) is 12.0 Å². The van der Waals surface area contributed by atoms with Crippen molar-refractivity contribution in [1.29, 1.82) is 0 Å². The smallest absolute Gasteiger partial charge is 0.303 e. The summed E-state index contributed by atoms with van der Waals surface area (Å²) in [4.78, 5) is 21.3.